The van der Waals surface area contributed by atoms with Gasteiger partial charge in [-0.1, -0.05) is 42.5 Å². The van der Waals surface area contributed by atoms with Crippen molar-refractivity contribution in [2.75, 3.05) is 0 Å². The maximum absolute atomic E-state index is 14.9. The minimum Gasteiger partial charge on any atom is -0.290 e. The van der Waals surface area contributed by atoms with Crippen LogP contribution < -0.4 is 0 Å². The zero-order valence-electron chi connectivity index (χ0n) is 12.7. The van der Waals surface area contributed by atoms with Crippen LogP contribution in [0, 0.1) is 5.82 Å². The van der Waals surface area contributed by atoms with Gasteiger partial charge in [0.05, 0.1) is 0 Å². The van der Waals surface area contributed by atoms with Crippen LogP contribution in [-0.2, 0) is 0 Å². The molecule has 2 aromatic rings. The van der Waals surface area contributed by atoms with Gasteiger partial charge in [-0.3, -0.25) is 9.59 Å². The van der Waals surface area contributed by atoms with Crippen molar-refractivity contribution in [2.45, 2.75) is 12.1 Å². The topological polar surface area (TPSA) is 34.1 Å². The number of Topliss-reactive ketones (excluding diaryl/α,β-unsaturated/α-hetero) is 2. The van der Waals surface area contributed by atoms with Gasteiger partial charge in [0.2, 0.25) is 5.78 Å². The Morgan fingerprint density at radius 3 is 2.17 bits per heavy atom. The number of hydrogen-bond donors (Lipinski definition) is 0. The Balaban J connectivity index is 1.79. The number of alkyl halides is 1. The average molecular weight is 324 g/mol. The number of halogens is 2. The highest BCUT2D eigenvalue weighted by molar-refractivity contribution is 6.11. The first-order valence-electron chi connectivity index (χ1n) is 7.48. The average Bonchev–Trinajstić information content (AvgIpc) is 2.62. The summed E-state index contributed by atoms with van der Waals surface area (Å²) in [6, 6.07) is 13.3. The molecule has 0 saturated heterocycles. The van der Waals surface area contributed by atoms with Gasteiger partial charge >= 0.3 is 0 Å². The Labute approximate surface area is 138 Å². The van der Waals surface area contributed by atoms with Gasteiger partial charge in [-0.25, -0.2) is 8.78 Å². The first-order valence-corrected chi connectivity index (χ1v) is 7.48. The van der Waals surface area contributed by atoms with Gasteiger partial charge in [-0.15, -0.1) is 0 Å². The summed E-state index contributed by atoms with van der Waals surface area (Å²) in [4.78, 5) is 24.6. The normalized spacial score (nSPS) is 19.7. The molecule has 1 aliphatic carbocycles. The van der Waals surface area contributed by atoms with E-state index in [9.17, 15) is 18.4 Å². The highest BCUT2D eigenvalue weighted by Gasteiger charge is 2.37. The summed E-state index contributed by atoms with van der Waals surface area (Å²) in [5, 5.41) is 0. The molecule has 0 heterocycles. The van der Waals surface area contributed by atoms with Crippen molar-refractivity contribution in [3.05, 3.63) is 95.3 Å². The summed E-state index contributed by atoms with van der Waals surface area (Å²) >= 11 is 0. The van der Waals surface area contributed by atoms with Crippen molar-refractivity contribution in [1.29, 1.82) is 0 Å². The van der Waals surface area contributed by atoms with E-state index in [-0.39, 0.29) is 23.3 Å². The fourth-order valence-electron chi connectivity index (χ4n) is 2.55. The first kappa shape index (κ1) is 16.0. The van der Waals surface area contributed by atoms with Gasteiger partial charge in [0, 0.05) is 23.1 Å². The molecule has 120 valence electrons. The molecule has 0 saturated carbocycles. The van der Waals surface area contributed by atoms with Crippen LogP contribution in [0.3, 0.4) is 0 Å². The Hall–Kier alpha value is -2.88. The molecule has 1 atom stereocenters. The van der Waals surface area contributed by atoms with E-state index in [1.165, 1.54) is 36.4 Å². The van der Waals surface area contributed by atoms with Crippen LogP contribution in [0.5, 0.6) is 0 Å². The van der Waals surface area contributed by atoms with Crippen LogP contribution in [0.15, 0.2) is 78.4 Å². The third-order valence-electron chi connectivity index (χ3n) is 3.93. The molecule has 1 aliphatic rings. The summed E-state index contributed by atoms with van der Waals surface area (Å²) in [7, 11) is 0. The Kier molecular flexibility index (Phi) is 4.21. The lowest BCUT2D eigenvalue weighted by molar-refractivity contribution is 0.0778. The highest BCUT2D eigenvalue weighted by atomic mass is 19.1. The molecule has 0 aromatic heterocycles. The van der Waals surface area contributed by atoms with Crippen LogP contribution in [0.4, 0.5) is 8.78 Å². The first-order chi connectivity index (χ1) is 11.5. The maximum atomic E-state index is 14.9. The van der Waals surface area contributed by atoms with Crippen LogP contribution in [0.1, 0.15) is 27.1 Å². The Morgan fingerprint density at radius 2 is 1.58 bits per heavy atom. The van der Waals surface area contributed by atoms with Crippen molar-refractivity contribution in [1.82, 2.24) is 0 Å². The smallest absolute Gasteiger partial charge is 0.204 e. The zero-order valence-corrected chi connectivity index (χ0v) is 12.7. The lowest BCUT2D eigenvalue weighted by Crippen LogP contribution is -2.33. The van der Waals surface area contributed by atoms with Crippen LogP contribution in [0.2, 0.25) is 0 Å². The Bertz CT molecular complexity index is 836. The second kappa shape index (κ2) is 6.32. The molecule has 0 bridgehead atoms. The number of rotatable bonds is 4. The lowest BCUT2D eigenvalue weighted by atomic mass is 9.85. The molecule has 2 aromatic carbocycles. The monoisotopic (exact) mass is 324 g/mol. The van der Waals surface area contributed by atoms with Crippen LogP contribution in [-0.4, -0.2) is 17.2 Å². The second-order valence-corrected chi connectivity index (χ2v) is 5.59. The van der Waals surface area contributed by atoms with E-state index in [2.05, 4.69) is 0 Å². The summed E-state index contributed by atoms with van der Waals surface area (Å²) in [5.41, 5.74) is -1.27. The minimum absolute atomic E-state index is 0.209. The third-order valence-corrected chi connectivity index (χ3v) is 3.93. The van der Waals surface area contributed by atoms with E-state index >= 15 is 0 Å². The number of ketones is 2. The van der Waals surface area contributed by atoms with Crippen molar-refractivity contribution in [3.63, 3.8) is 0 Å². The summed E-state index contributed by atoms with van der Waals surface area (Å²) in [6.07, 6.45) is 3.64. The molecule has 0 fully saturated rings. The largest absolute Gasteiger partial charge is 0.290 e. The number of allylic oxidation sites excluding steroid dienone is 4. The molecule has 1 unspecified atom stereocenters. The number of hydrogen-bond acceptors (Lipinski definition) is 2. The zero-order chi connectivity index (χ0) is 17.2. The fourth-order valence-corrected chi connectivity index (χ4v) is 2.55. The summed E-state index contributed by atoms with van der Waals surface area (Å²) < 4.78 is 27.8. The van der Waals surface area contributed by atoms with E-state index in [0.29, 0.717) is 5.56 Å². The lowest BCUT2D eigenvalue weighted by Gasteiger charge is -2.22. The molecule has 0 N–H and O–H groups in total. The molecular formula is C20H14F2O2. The van der Waals surface area contributed by atoms with Gasteiger partial charge in [-0.2, -0.15) is 0 Å². The standard InChI is InChI=1S/C20H14F2O2/c21-17-8-6-14(7-9-17)18(23)15-10-12-20(22,13-11-15)19(24)16-4-2-1-3-5-16/h1-12H,13H2. The minimum atomic E-state index is -2.16. The van der Waals surface area contributed by atoms with Gasteiger partial charge < -0.3 is 0 Å². The molecular weight excluding hydrogens is 310 g/mol. The van der Waals surface area contributed by atoms with Crippen molar-refractivity contribution < 1.29 is 18.4 Å². The summed E-state index contributed by atoms with van der Waals surface area (Å²) in [6.45, 7) is 0. The van der Waals surface area contributed by atoms with E-state index < -0.39 is 17.3 Å². The fraction of sp³-hybridized carbons (Fsp3) is 0.100. The molecule has 4 heteroatoms. The van der Waals surface area contributed by atoms with Gasteiger partial charge in [-0.05, 0) is 30.3 Å². The molecule has 3 rings (SSSR count). The van der Waals surface area contributed by atoms with E-state index in [1.807, 2.05) is 0 Å². The van der Waals surface area contributed by atoms with E-state index in [0.717, 1.165) is 6.08 Å². The highest BCUT2D eigenvalue weighted by Crippen LogP contribution is 2.30. The van der Waals surface area contributed by atoms with Crippen molar-refractivity contribution in [3.8, 4) is 0 Å². The van der Waals surface area contributed by atoms with Gasteiger partial charge in [0.15, 0.2) is 11.5 Å². The Morgan fingerprint density at radius 1 is 0.917 bits per heavy atom. The maximum Gasteiger partial charge on any atom is 0.204 e. The van der Waals surface area contributed by atoms with Crippen LogP contribution >= 0.6 is 0 Å². The molecule has 2 nitrogen and oxygen atoms in total. The van der Waals surface area contributed by atoms with Crippen molar-refractivity contribution >= 4 is 11.6 Å². The van der Waals surface area contributed by atoms with E-state index in [1.54, 1.807) is 30.3 Å². The number of carbonyl (C=O) groups is 2. The van der Waals surface area contributed by atoms with Crippen LogP contribution in [0.25, 0.3) is 0 Å². The number of carbonyl (C=O) groups excluding carboxylic acids is 2. The summed E-state index contributed by atoms with van der Waals surface area (Å²) in [5.74, 6) is -1.40. The second-order valence-electron chi connectivity index (χ2n) is 5.59. The molecule has 0 amide bonds. The van der Waals surface area contributed by atoms with Gasteiger partial charge in [0.1, 0.15) is 5.82 Å². The third kappa shape index (κ3) is 3.08. The van der Waals surface area contributed by atoms with Crippen molar-refractivity contribution in [2.24, 2.45) is 0 Å². The molecule has 24 heavy (non-hydrogen) atoms. The predicted octanol–water partition coefficient (Wildman–Crippen LogP) is 4.49. The SMILES string of the molecule is O=C(C1=CCC(F)(C(=O)c2ccccc2)C=C1)c1ccc(F)cc1. The molecule has 0 radical (unpaired) electrons. The molecule has 0 spiro atoms. The number of benzene rings is 2. The van der Waals surface area contributed by atoms with Gasteiger partial charge in [0.25, 0.3) is 0 Å². The van der Waals surface area contributed by atoms with E-state index in [4.69, 9.17) is 0 Å². The predicted molar refractivity (Wildman–Crippen MR) is 87.2 cm³/mol. The quantitative estimate of drug-likeness (QED) is 0.777. The molecule has 0 aliphatic heterocycles.